The van der Waals surface area contributed by atoms with Gasteiger partial charge in [0.05, 0.1) is 0 Å². The summed E-state index contributed by atoms with van der Waals surface area (Å²) in [5, 5.41) is 0. The van der Waals surface area contributed by atoms with E-state index >= 15 is 0 Å². The first-order chi connectivity index (χ1) is 4.00. The first-order valence-electron chi connectivity index (χ1n) is 2.67. The zero-order chi connectivity index (χ0) is 6.24. The Hall–Kier alpha value is 0.692. The first-order valence-corrected chi connectivity index (χ1v) is 4.67. The maximum absolute atomic E-state index is 4.49. The Bertz CT molecular complexity index is 53.5. The monoisotopic (exact) mass is 222 g/mol. The van der Waals surface area contributed by atoms with Crippen molar-refractivity contribution in [3.8, 4) is 0 Å². The molecule has 0 aromatic heterocycles. The molecule has 0 aromatic rings. The Balaban J connectivity index is 0.000000222. The van der Waals surface area contributed by atoms with E-state index in [0.29, 0.717) is 0 Å². The zero-order valence-electron chi connectivity index (χ0n) is 4.60. The van der Waals surface area contributed by atoms with Crippen molar-refractivity contribution in [2.45, 2.75) is 25.7 Å². The number of hydrogen-bond acceptors (Lipinski definition) is 0. The van der Waals surface area contributed by atoms with Gasteiger partial charge in [-0.05, 0) is 0 Å². The molecule has 0 spiro atoms. The topological polar surface area (TPSA) is 0 Å². The molecule has 0 atom stereocenters. The van der Waals surface area contributed by atoms with E-state index in [0.717, 1.165) is 0 Å². The summed E-state index contributed by atoms with van der Waals surface area (Å²) in [5.41, 5.74) is 0. The van der Waals surface area contributed by atoms with Crippen molar-refractivity contribution in [1.29, 1.82) is 0 Å². The molecule has 1 aliphatic carbocycles. The van der Waals surface area contributed by atoms with Gasteiger partial charge in [0.2, 0.25) is 0 Å². The van der Waals surface area contributed by atoms with Gasteiger partial charge in [0, 0.05) is 0 Å². The summed E-state index contributed by atoms with van der Waals surface area (Å²) in [4.78, 5) is 0. The number of halogens is 1. The van der Waals surface area contributed by atoms with Gasteiger partial charge in [-0.3, -0.25) is 6.08 Å². The van der Waals surface area contributed by atoms with Crippen molar-refractivity contribution in [3.63, 3.8) is 0 Å². The molecular formula is C6H9ClPd. The van der Waals surface area contributed by atoms with E-state index in [1.54, 1.807) is 0 Å². The first kappa shape index (κ1) is 8.69. The second kappa shape index (κ2) is 7.69. The number of rotatable bonds is 0. The molecule has 0 bridgehead atoms. The minimum atomic E-state index is 1.19. The van der Waals surface area contributed by atoms with E-state index < -0.39 is 0 Å². The predicted molar refractivity (Wildman–Crippen MR) is 32.1 cm³/mol. The molecular weight excluding hydrogens is 214 g/mol. The Kier molecular flexibility index (Phi) is 8.36. The summed E-state index contributed by atoms with van der Waals surface area (Å²) in [6.45, 7) is 0. The van der Waals surface area contributed by atoms with E-state index in [1.807, 2.05) is 0 Å². The van der Waals surface area contributed by atoms with Gasteiger partial charge in [0.1, 0.15) is 0 Å². The molecule has 50 valence electrons. The van der Waals surface area contributed by atoms with Crippen molar-refractivity contribution in [3.05, 3.63) is 12.2 Å². The van der Waals surface area contributed by atoms with Crippen LogP contribution in [-0.2, 0) is 18.2 Å². The van der Waals surface area contributed by atoms with Crippen LogP contribution in [0.3, 0.4) is 0 Å². The summed E-state index contributed by atoms with van der Waals surface area (Å²) in [6.07, 6.45) is 10.5. The summed E-state index contributed by atoms with van der Waals surface area (Å²) >= 11 is 2.22. The van der Waals surface area contributed by atoms with Crippen molar-refractivity contribution in [1.82, 2.24) is 0 Å². The average Bonchev–Trinajstić information content (AvgIpc) is 1.96. The van der Waals surface area contributed by atoms with Crippen LogP contribution in [0.25, 0.3) is 0 Å². The minimum absolute atomic E-state index is 1.19. The average molecular weight is 223 g/mol. The number of hydrogen-bond donors (Lipinski definition) is 0. The van der Waals surface area contributed by atoms with Crippen molar-refractivity contribution in [2.75, 3.05) is 0 Å². The maximum atomic E-state index is 4.49. The van der Waals surface area contributed by atoms with Gasteiger partial charge < -0.3 is 6.08 Å². The second-order valence-corrected chi connectivity index (χ2v) is 1.65. The standard InChI is InChI=1S/C6H9.ClH.Pd/c1-2-4-6-5-3-1;;/h1H,2,4-6H2;1H;/q-1;;+2/p-1. The molecule has 0 amide bonds. The molecule has 0 nitrogen and oxygen atoms in total. The van der Waals surface area contributed by atoms with E-state index in [9.17, 15) is 0 Å². The Morgan fingerprint density at radius 3 is 2.25 bits per heavy atom. The third kappa shape index (κ3) is 4.84. The summed E-state index contributed by atoms with van der Waals surface area (Å²) in [7, 11) is 4.49. The van der Waals surface area contributed by atoms with Crippen LogP contribution in [0, 0.1) is 6.08 Å². The summed E-state index contributed by atoms with van der Waals surface area (Å²) in [5.74, 6) is 0. The van der Waals surface area contributed by atoms with Gasteiger partial charge in [0.15, 0.2) is 0 Å². The molecule has 0 N–H and O–H groups in total. The van der Waals surface area contributed by atoms with Crippen LogP contribution in [0.4, 0.5) is 0 Å². The molecule has 1 aliphatic rings. The van der Waals surface area contributed by atoms with Crippen LogP contribution in [-0.4, -0.2) is 0 Å². The third-order valence-corrected chi connectivity index (χ3v) is 1.06. The van der Waals surface area contributed by atoms with Gasteiger partial charge in [-0.25, -0.2) is 0 Å². The Morgan fingerprint density at radius 2 is 2.12 bits per heavy atom. The second-order valence-electron chi connectivity index (χ2n) is 1.65. The van der Waals surface area contributed by atoms with Gasteiger partial charge in [0.25, 0.3) is 0 Å². The predicted octanol–water partition coefficient (Wildman–Crippen LogP) is 2.61. The summed E-state index contributed by atoms with van der Waals surface area (Å²) < 4.78 is 0. The normalized spacial score (nSPS) is 16.9. The molecule has 0 aromatic carbocycles. The van der Waals surface area contributed by atoms with Crippen LogP contribution in [0.1, 0.15) is 25.7 Å². The van der Waals surface area contributed by atoms with Crippen LogP contribution < -0.4 is 0 Å². The molecule has 0 fully saturated rings. The molecule has 0 aliphatic heterocycles. The van der Waals surface area contributed by atoms with E-state index in [-0.39, 0.29) is 0 Å². The number of allylic oxidation sites excluding steroid dienone is 2. The van der Waals surface area contributed by atoms with E-state index in [2.05, 4.69) is 39.9 Å². The Labute approximate surface area is 65.7 Å². The SMILES string of the molecule is [C-]1=CCCCC1.[Cl][Pd+]. The van der Waals surface area contributed by atoms with Crippen LogP contribution in [0.5, 0.6) is 0 Å². The molecule has 0 saturated carbocycles. The fourth-order valence-electron chi connectivity index (χ4n) is 0.678. The molecule has 0 saturated heterocycles. The van der Waals surface area contributed by atoms with Crippen LogP contribution in [0.2, 0.25) is 0 Å². The van der Waals surface area contributed by atoms with E-state index in [4.69, 9.17) is 0 Å². The van der Waals surface area contributed by atoms with Gasteiger partial charge in [-0.2, -0.15) is 6.42 Å². The fraction of sp³-hybridized carbons (Fsp3) is 0.667. The van der Waals surface area contributed by atoms with Crippen LogP contribution >= 0.6 is 9.53 Å². The van der Waals surface area contributed by atoms with Crippen LogP contribution in [0.15, 0.2) is 6.08 Å². The van der Waals surface area contributed by atoms with Crippen molar-refractivity contribution in [2.24, 2.45) is 0 Å². The van der Waals surface area contributed by atoms with Gasteiger partial charge in [-0.1, -0.05) is 19.3 Å². The summed E-state index contributed by atoms with van der Waals surface area (Å²) in [6, 6.07) is 0. The van der Waals surface area contributed by atoms with Gasteiger partial charge in [-0.15, -0.1) is 0 Å². The van der Waals surface area contributed by atoms with Crippen molar-refractivity contribution < 1.29 is 18.2 Å². The fourth-order valence-corrected chi connectivity index (χ4v) is 0.678. The van der Waals surface area contributed by atoms with Crippen molar-refractivity contribution >= 4 is 9.53 Å². The molecule has 2 heteroatoms. The Morgan fingerprint density at radius 1 is 1.38 bits per heavy atom. The molecule has 8 heavy (non-hydrogen) atoms. The quantitative estimate of drug-likeness (QED) is 0.437. The van der Waals surface area contributed by atoms with Gasteiger partial charge >= 0.3 is 27.7 Å². The molecule has 0 heterocycles. The molecule has 0 radical (unpaired) electrons. The molecule has 1 rings (SSSR count). The zero-order valence-corrected chi connectivity index (χ0v) is 6.91. The molecule has 0 unspecified atom stereocenters. The third-order valence-electron chi connectivity index (χ3n) is 1.06. The van der Waals surface area contributed by atoms with E-state index in [1.165, 1.54) is 25.7 Å².